The molecule has 1 aliphatic carbocycles. The number of rotatable bonds is 3. The second kappa shape index (κ2) is 3.09. The average Bonchev–Trinajstić information content (AvgIpc) is 1.84. The Morgan fingerprint density at radius 2 is 2.18 bits per heavy atom. The zero-order valence-electron chi connectivity index (χ0n) is 6.95. The smallest absolute Gasteiger partial charge is 0.0776 e. The molecule has 0 radical (unpaired) electrons. The molecule has 0 bridgehead atoms. The van der Waals surface area contributed by atoms with Crippen LogP contribution in [0.15, 0.2) is 0 Å². The largest absolute Gasteiger partial charge is 0.394 e. The van der Waals surface area contributed by atoms with Gasteiger partial charge in [-0.1, -0.05) is 6.92 Å². The third-order valence-corrected chi connectivity index (χ3v) is 2.45. The Morgan fingerprint density at radius 3 is 2.55 bits per heavy atom. The van der Waals surface area contributed by atoms with E-state index in [-0.39, 0.29) is 12.0 Å². The van der Waals surface area contributed by atoms with E-state index < -0.39 is 6.10 Å². The van der Waals surface area contributed by atoms with E-state index in [1.54, 1.807) is 0 Å². The number of aliphatic hydroxyl groups excluding tert-OH is 2. The molecule has 0 aromatic carbocycles. The molecule has 0 aromatic heterocycles. The van der Waals surface area contributed by atoms with Gasteiger partial charge in [0.2, 0.25) is 0 Å². The Bertz CT molecular complexity index is 132. The average molecular weight is 159 g/mol. The minimum absolute atomic E-state index is 0.134. The molecule has 0 spiro atoms. The molecule has 1 fully saturated rings. The third-order valence-electron chi connectivity index (χ3n) is 2.45. The van der Waals surface area contributed by atoms with E-state index in [1.807, 2.05) is 0 Å². The van der Waals surface area contributed by atoms with Gasteiger partial charge in [-0.05, 0) is 24.7 Å². The zero-order chi connectivity index (χ0) is 8.48. The first kappa shape index (κ1) is 8.97. The predicted molar refractivity (Wildman–Crippen MR) is 43.0 cm³/mol. The van der Waals surface area contributed by atoms with Crippen LogP contribution in [0.1, 0.15) is 26.2 Å². The maximum atomic E-state index is 9.15. The van der Waals surface area contributed by atoms with Gasteiger partial charge in [0.05, 0.1) is 12.7 Å². The van der Waals surface area contributed by atoms with E-state index >= 15 is 0 Å². The summed E-state index contributed by atoms with van der Waals surface area (Å²) in [5, 5.41) is 17.8. The molecule has 1 aliphatic rings. The van der Waals surface area contributed by atoms with Crippen molar-refractivity contribution in [1.29, 1.82) is 0 Å². The molecule has 11 heavy (non-hydrogen) atoms. The van der Waals surface area contributed by atoms with Gasteiger partial charge in [-0.15, -0.1) is 0 Å². The van der Waals surface area contributed by atoms with E-state index in [0.29, 0.717) is 12.5 Å². The summed E-state index contributed by atoms with van der Waals surface area (Å²) in [5.41, 5.74) is 5.81. The lowest BCUT2D eigenvalue weighted by atomic mass is 9.64. The van der Waals surface area contributed by atoms with Crippen molar-refractivity contribution in [3.05, 3.63) is 0 Å². The first-order valence-corrected chi connectivity index (χ1v) is 4.10. The van der Waals surface area contributed by atoms with E-state index in [2.05, 4.69) is 6.92 Å². The molecule has 3 heteroatoms. The van der Waals surface area contributed by atoms with Gasteiger partial charge in [-0.2, -0.15) is 0 Å². The highest BCUT2D eigenvalue weighted by atomic mass is 16.3. The SMILES string of the molecule is C[C@]1(CC(O)CO)C[C@H](N)C1. The lowest BCUT2D eigenvalue weighted by molar-refractivity contribution is 0.0126. The summed E-state index contributed by atoms with van der Waals surface area (Å²) in [6, 6.07) is 0.311. The molecule has 1 unspecified atom stereocenters. The van der Waals surface area contributed by atoms with Crippen molar-refractivity contribution in [1.82, 2.24) is 0 Å². The van der Waals surface area contributed by atoms with Crippen molar-refractivity contribution in [2.24, 2.45) is 11.1 Å². The molecule has 0 amide bonds. The van der Waals surface area contributed by atoms with Crippen LogP contribution in [0.3, 0.4) is 0 Å². The van der Waals surface area contributed by atoms with Gasteiger partial charge >= 0.3 is 0 Å². The summed E-state index contributed by atoms with van der Waals surface area (Å²) >= 11 is 0. The van der Waals surface area contributed by atoms with Crippen molar-refractivity contribution in [3.8, 4) is 0 Å². The highest BCUT2D eigenvalue weighted by Crippen LogP contribution is 2.43. The minimum Gasteiger partial charge on any atom is -0.394 e. The van der Waals surface area contributed by atoms with Crippen molar-refractivity contribution in [3.63, 3.8) is 0 Å². The number of hydrogen-bond acceptors (Lipinski definition) is 3. The molecule has 0 aromatic rings. The Balaban J connectivity index is 2.26. The fourth-order valence-corrected chi connectivity index (χ4v) is 2.01. The molecular weight excluding hydrogens is 142 g/mol. The summed E-state index contributed by atoms with van der Waals surface area (Å²) < 4.78 is 0. The van der Waals surface area contributed by atoms with Crippen LogP contribution < -0.4 is 5.73 Å². The van der Waals surface area contributed by atoms with Crippen LogP contribution in [0.5, 0.6) is 0 Å². The molecular formula is C8H17NO2. The second-order valence-electron chi connectivity index (χ2n) is 4.02. The number of hydrogen-bond donors (Lipinski definition) is 3. The van der Waals surface area contributed by atoms with Crippen molar-refractivity contribution in [2.45, 2.75) is 38.3 Å². The Hall–Kier alpha value is -0.120. The Kier molecular flexibility index (Phi) is 2.52. The molecule has 4 N–H and O–H groups in total. The molecule has 3 nitrogen and oxygen atoms in total. The second-order valence-corrected chi connectivity index (χ2v) is 4.02. The lowest BCUT2D eigenvalue weighted by Crippen LogP contribution is -2.46. The fourth-order valence-electron chi connectivity index (χ4n) is 2.01. The molecule has 0 aliphatic heterocycles. The predicted octanol–water partition coefficient (Wildman–Crippen LogP) is -0.143. The quantitative estimate of drug-likeness (QED) is 0.537. The van der Waals surface area contributed by atoms with Crippen LogP contribution >= 0.6 is 0 Å². The number of nitrogens with two attached hydrogens (primary N) is 1. The summed E-state index contributed by atoms with van der Waals surface area (Å²) in [5.74, 6) is 0. The monoisotopic (exact) mass is 159 g/mol. The Morgan fingerprint density at radius 1 is 1.64 bits per heavy atom. The maximum Gasteiger partial charge on any atom is 0.0776 e. The zero-order valence-corrected chi connectivity index (χ0v) is 6.95. The van der Waals surface area contributed by atoms with Crippen LogP contribution in [-0.4, -0.2) is 29.0 Å². The van der Waals surface area contributed by atoms with Gasteiger partial charge in [-0.25, -0.2) is 0 Å². The van der Waals surface area contributed by atoms with Gasteiger partial charge in [0.1, 0.15) is 0 Å². The van der Waals surface area contributed by atoms with Crippen LogP contribution in [0.2, 0.25) is 0 Å². The lowest BCUT2D eigenvalue weighted by Gasteiger charge is -2.44. The first-order valence-electron chi connectivity index (χ1n) is 4.10. The van der Waals surface area contributed by atoms with E-state index in [0.717, 1.165) is 12.8 Å². The van der Waals surface area contributed by atoms with Gasteiger partial charge < -0.3 is 15.9 Å². The molecule has 1 atom stereocenters. The molecule has 66 valence electrons. The van der Waals surface area contributed by atoms with Gasteiger partial charge in [-0.3, -0.25) is 0 Å². The summed E-state index contributed by atoms with van der Waals surface area (Å²) in [6.07, 6.45) is 2.07. The highest BCUT2D eigenvalue weighted by Gasteiger charge is 2.39. The molecule has 0 saturated heterocycles. The molecule has 1 rings (SSSR count). The van der Waals surface area contributed by atoms with Crippen molar-refractivity contribution in [2.75, 3.05) is 6.61 Å². The first-order chi connectivity index (χ1) is 5.06. The highest BCUT2D eigenvalue weighted by molar-refractivity contribution is 4.93. The number of aliphatic hydroxyl groups is 2. The summed E-state index contributed by atoms with van der Waals surface area (Å²) in [6.45, 7) is 1.97. The Labute approximate surface area is 67.2 Å². The van der Waals surface area contributed by atoms with E-state index in [4.69, 9.17) is 15.9 Å². The van der Waals surface area contributed by atoms with Gasteiger partial charge in [0.15, 0.2) is 0 Å². The standard InChI is InChI=1S/C8H17NO2/c1-8(2-6(9)3-8)4-7(11)5-10/h6-7,10-11H,2-5,9H2,1H3/t6-,7?,8-. The van der Waals surface area contributed by atoms with Crippen LogP contribution in [0.25, 0.3) is 0 Å². The topological polar surface area (TPSA) is 66.5 Å². The minimum atomic E-state index is -0.563. The third kappa shape index (κ3) is 2.15. The van der Waals surface area contributed by atoms with E-state index in [1.165, 1.54) is 0 Å². The van der Waals surface area contributed by atoms with Crippen molar-refractivity contribution >= 4 is 0 Å². The van der Waals surface area contributed by atoms with E-state index in [9.17, 15) is 0 Å². The van der Waals surface area contributed by atoms with Crippen molar-refractivity contribution < 1.29 is 10.2 Å². The van der Waals surface area contributed by atoms with Gasteiger partial charge in [0.25, 0.3) is 0 Å². The summed E-state index contributed by atoms with van der Waals surface area (Å²) in [7, 11) is 0. The normalized spacial score (nSPS) is 39.8. The summed E-state index contributed by atoms with van der Waals surface area (Å²) in [4.78, 5) is 0. The van der Waals surface area contributed by atoms with Gasteiger partial charge in [0, 0.05) is 6.04 Å². The van der Waals surface area contributed by atoms with Crippen LogP contribution in [0.4, 0.5) is 0 Å². The molecule has 1 saturated carbocycles. The molecule has 0 heterocycles. The van der Waals surface area contributed by atoms with Crippen LogP contribution in [0, 0.1) is 5.41 Å². The fraction of sp³-hybridized carbons (Fsp3) is 1.00. The van der Waals surface area contributed by atoms with Crippen LogP contribution in [-0.2, 0) is 0 Å². The maximum absolute atomic E-state index is 9.15.